The fraction of sp³-hybridized carbons (Fsp3) is 0.500. The van der Waals surface area contributed by atoms with E-state index in [1.807, 2.05) is 7.05 Å². The van der Waals surface area contributed by atoms with Gasteiger partial charge in [-0.15, -0.1) is 0 Å². The van der Waals surface area contributed by atoms with Crippen LogP contribution in [0.5, 0.6) is 0 Å². The molecule has 0 aromatic heterocycles. The maximum absolute atomic E-state index is 12.1. The summed E-state index contributed by atoms with van der Waals surface area (Å²) in [5.74, 6) is 0.00533. The van der Waals surface area contributed by atoms with Crippen molar-refractivity contribution in [3.63, 3.8) is 0 Å². The van der Waals surface area contributed by atoms with Crippen molar-refractivity contribution in [2.45, 2.75) is 13.5 Å². The lowest BCUT2D eigenvalue weighted by Crippen LogP contribution is -2.32. The van der Waals surface area contributed by atoms with Gasteiger partial charge in [0, 0.05) is 32.2 Å². The first kappa shape index (κ1) is 17.6. The molecule has 0 saturated heterocycles. The van der Waals surface area contributed by atoms with Gasteiger partial charge in [-0.25, -0.2) is 13.1 Å². The molecule has 21 heavy (non-hydrogen) atoms. The quantitative estimate of drug-likeness (QED) is 0.729. The number of carbonyl (C=O) groups is 1. The maximum Gasteiger partial charge on any atom is 0.253 e. The summed E-state index contributed by atoms with van der Waals surface area (Å²) in [6.07, 6.45) is 0. The monoisotopic (exact) mass is 313 g/mol. The molecule has 0 aliphatic carbocycles. The minimum absolute atomic E-state index is 0.0501. The Kier molecular flexibility index (Phi) is 6.80. The molecule has 0 bridgehead atoms. The molecule has 1 aromatic rings. The summed E-state index contributed by atoms with van der Waals surface area (Å²) in [6, 6.07) is 6.95. The van der Waals surface area contributed by atoms with Gasteiger partial charge in [0.05, 0.1) is 5.75 Å². The van der Waals surface area contributed by atoms with Crippen molar-refractivity contribution in [3.05, 3.63) is 35.4 Å². The summed E-state index contributed by atoms with van der Waals surface area (Å²) in [6.45, 7) is 3.19. The van der Waals surface area contributed by atoms with E-state index in [4.69, 9.17) is 0 Å². The predicted molar refractivity (Wildman–Crippen MR) is 83.6 cm³/mol. The van der Waals surface area contributed by atoms with Crippen LogP contribution in [0.15, 0.2) is 24.3 Å². The zero-order valence-electron chi connectivity index (χ0n) is 12.7. The molecule has 0 unspecified atom stereocenters. The van der Waals surface area contributed by atoms with Crippen LogP contribution in [0.25, 0.3) is 0 Å². The molecule has 0 saturated carbocycles. The highest BCUT2D eigenvalue weighted by Crippen LogP contribution is 2.07. The second-order valence-electron chi connectivity index (χ2n) is 4.75. The van der Waals surface area contributed by atoms with Crippen molar-refractivity contribution < 1.29 is 13.2 Å². The lowest BCUT2D eigenvalue weighted by Gasteiger charge is -2.17. The van der Waals surface area contributed by atoms with Crippen molar-refractivity contribution in [2.75, 3.05) is 32.9 Å². The fourth-order valence-corrected chi connectivity index (χ4v) is 2.25. The minimum Gasteiger partial charge on any atom is -0.340 e. The Balaban J connectivity index is 2.63. The van der Waals surface area contributed by atoms with Gasteiger partial charge in [0.25, 0.3) is 5.91 Å². The van der Waals surface area contributed by atoms with Gasteiger partial charge < -0.3 is 10.2 Å². The number of hydrogen-bond acceptors (Lipinski definition) is 4. The van der Waals surface area contributed by atoms with Crippen molar-refractivity contribution in [2.24, 2.45) is 0 Å². The molecular formula is C14H23N3O3S. The molecule has 1 amide bonds. The SMILES string of the molecule is CCS(=O)(=O)NCc1ccc(C(=O)N(C)CCNC)cc1. The number of nitrogens with one attached hydrogen (secondary N) is 2. The Bertz CT molecular complexity index is 555. The lowest BCUT2D eigenvalue weighted by atomic mass is 10.1. The molecule has 0 radical (unpaired) electrons. The number of rotatable bonds is 8. The molecule has 0 atom stereocenters. The molecule has 0 spiro atoms. The van der Waals surface area contributed by atoms with Crippen molar-refractivity contribution in [1.29, 1.82) is 0 Å². The van der Waals surface area contributed by atoms with Gasteiger partial charge in [-0.05, 0) is 31.7 Å². The molecule has 0 fully saturated rings. The van der Waals surface area contributed by atoms with Crippen LogP contribution in [-0.2, 0) is 16.6 Å². The average Bonchev–Trinajstić information content (AvgIpc) is 2.50. The Morgan fingerprint density at radius 2 is 1.86 bits per heavy atom. The van der Waals surface area contributed by atoms with Crippen molar-refractivity contribution >= 4 is 15.9 Å². The van der Waals surface area contributed by atoms with E-state index in [9.17, 15) is 13.2 Å². The van der Waals surface area contributed by atoms with Gasteiger partial charge in [0.15, 0.2) is 0 Å². The fourth-order valence-electron chi connectivity index (χ4n) is 1.66. The van der Waals surface area contributed by atoms with E-state index < -0.39 is 10.0 Å². The molecule has 1 aromatic carbocycles. The standard InChI is InChI=1S/C14H23N3O3S/c1-4-21(19,20)16-11-12-5-7-13(8-6-12)14(18)17(3)10-9-15-2/h5-8,15-16H,4,9-11H2,1-3H3. The second-order valence-corrected chi connectivity index (χ2v) is 6.85. The molecule has 7 heteroatoms. The summed E-state index contributed by atoms with van der Waals surface area (Å²) in [7, 11) is 0.391. The number of likely N-dealkylation sites (N-methyl/N-ethyl adjacent to an activating group) is 2. The van der Waals surface area contributed by atoms with Gasteiger partial charge in [0.2, 0.25) is 10.0 Å². The molecule has 1 rings (SSSR count). The highest BCUT2D eigenvalue weighted by atomic mass is 32.2. The van der Waals surface area contributed by atoms with E-state index in [0.717, 1.165) is 12.1 Å². The molecule has 0 aliphatic heterocycles. The van der Waals surface area contributed by atoms with Crippen LogP contribution < -0.4 is 10.0 Å². The topological polar surface area (TPSA) is 78.5 Å². The second kappa shape index (κ2) is 8.11. The first-order valence-corrected chi connectivity index (χ1v) is 8.51. The van der Waals surface area contributed by atoms with Crippen LogP contribution in [0.3, 0.4) is 0 Å². The van der Waals surface area contributed by atoms with Crippen LogP contribution in [0.4, 0.5) is 0 Å². The highest BCUT2D eigenvalue weighted by Gasteiger charge is 2.11. The maximum atomic E-state index is 12.1. The van der Waals surface area contributed by atoms with Crippen LogP contribution >= 0.6 is 0 Å². The predicted octanol–water partition coefficient (Wildman–Crippen LogP) is 0.417. The zero-order chi connectivity index (χ0) is 15.9. The van der Waals surface area contributed by atoms with Gasteiger partial charge in [0.1, 0.15) is 0 Å². The number of sulfonamides is 1. The van der Waals surface area contributed by atoms with Crippen LogP contribution in [0.2, 0.25) is 0 Å². The zero-order valence-corrected chi connectivity index (χ0v) is 13.5. The number of carbonyl (C=O) groups excluding carboxylic acids is 1. The Hall–Kier alpha value is -1.44. The summed E-state index contributed by atoms with van der Waals surface area (Å²) in [5.41, 5.74) is 1.41. The first-order chi connectivity index (χ1) is 9.89. The Morgan fingerprint density at radius 1 is 1.24 bits per heavy atom. The van der Waals surface area contributed by atoms with Crippen molar-refractivity contribution in [3.8, 4) is 0 Å². The van der Waals surface area contributed by atoms with E-state index in [2.05, 4.69) is 10.0 Å². The van der Waals surface area contributed by atoms with E-state index in [-0.39, 0.29) is 18.2 Å². The minimum atomic E-state index is -3.20. The summed E-state index contributed by atoms with van der Waals surface area (Å²) in [4.78, 5) is 13.8. The van der Waals surface area contributed by atoms with Crippen LogP contribution in [0, 0.1) is 0 Å². The number of benzene rings is 1. The summed E-state index contributed by atoms with van der Waals surface area (Å²) >= 11 is 0. The third kappa shape index (κ3) is 5.82. The molecule has 0 heterocycles. The van der Waals surface area contributed by atoms with Crippen molar-refractivity contribution in [1.82, 2.24) is 14.9 Å². The Morgan fingerprint density at radius 3 is 2.38 bits per heavy atom. The van der Waals surface area contributed by atoms with Gasteiger partial charge in [-0.2, -0.15) is 0 Å². The molecule has 0 aliphatic rings. The van der Waals surface area contributed by atoms with Gasteiger partial charge in [-0.3, -0.25) is 4.79 Å². The van der Waals surface area contributed by atoms with E-state index in [1.165, 1.54) is 0 Å². The first-order valence-electron chi connectivity index (χ1n) is 6.86. The third-order valence-electron chi connectivity index (χ3n) is 3.12. The summed E-state index contributed by atoms with van der Waals surface area (Å²) < 4.78 is 25.2. The largest absolute Gasteiger partial charge is 0.340 e. The van der Waals surface area contributed by atoms with Gasteiger partial charge >= 0.3 is 0 Å². The normalized spacial score (nSPS) is 11.4. The van der Waals surface area contributed by atoms with E-state index in [1.54, 1.807) is 43.1 Å². The van der Waals surface area contributed by atoms with E-state index >= 15 is 0 Å². The highest BCUT2D eigenvalue weighted by molar-refractivity contribution is 7.89. The molecule has 6 nitrogen and oxygen atoms in total. The van der Waals surface area contributed by atoms with Crippen LogP contribution in [0.1, 0.15) is 22.8 Å². The van der Waals surface area contributed by atoms with Crippen LogP contribution in [-0.4, -0.2) is 52.2 Å². The molecule has 2 N–H and O–H groups in total. The molecule has 118 valence electrons. The number of hydrogen-bond donors (Lipinski definition) is 2. The molecular weight excluding hydrogens is 290 g/mol. The summed E-state index contributed by atoms with van der Waals surface area (Å²) in [5, 5.41) is 2.99. The average molecular weight is 313 g/mol. The third-order valence-corrected chi connectivity index (χ3v) is 4.47. The Labute approximate surface area is 126 Å². The number of nitrogens with zero attached hydrogens (tertiary/aromatic N) is 1. The number of amides is 1. The smallest absolute Gasteiger partial charge is 0.253 e. The van der Waals surface area contributed by atoms with E-state index in [0.29, 0.717) is 12.1 Å². The lowest BCUT2D eigenvalue weighted by molar-refractivity contribution is 0.0797. The van der Waals surface area contributed by atoms with Gasteiger partial charge in [-0.1, -0.05) is 12.1 Å².